The molecule has 1 aliphatic rings. The summed E-state index contributed by atoms with van der Waals surface area (Å²) in [6.07, 6.45) is 1.47. The van der Waals surface area contributed by atoms with Gasteiger partial charge in [-0.2, -0.15) is 0 Å². The number of rotatable bonds is 7. The quantitative estimate of drug-likeness (QED) is 0.803. The molecule has 1 aliphatic heterocycles. The van der Waals surface area contributed by atoms with Crippen molar-refractivity contribution in [1.82, 2.24) is 4.90 Å². The molecule has 21 heavy (non-hydrogen) atoms. The largest absolute Gasteiger partial charge is 0.396 e. The molecule has 4 heteroatoms. The Morgan fingerprint density at radius 2 is 2.00 bits per heavy atom. The topological polar surface area (TPSA) is 52.9 Å². The maximum absolute atomic E-state index is 10.3. The van der Waals surface area contributed by atoms with Gasteiger partial charge in [0.25, 0.3) is 0 Å². The van der Waals surface area contributed by atoms with Crippen LogP contribution in [0.2, 0.25) is 0 Å². The lowest BCUT2D eigenvalue weighted by molar-refractivity contribution is -0.121. The van der Waals surface area contributed by atoms with Crippen molar-refractivity contribution in [3.8, 4) is 0 Å². The first kappa shape index (κ1) is 16.4. The molecule has 0 saturated carbocycles. The Balaban J connectivity index is 1.91. The first-order valence-corrected chi connectivity index (χ1v) is 7.91. The Morgan fingerprint density at radius 3 is 2.67 bits per heavy atom. The van der Waals surface area contributed by atoms with Crippen LogP contribution in [-0.2, 0) is 11.3 Å². The zero-order valence-electron chi connectivity index (χ0n) is 12.8. The van der Waals surface area contributed by atoms with Crippen molar-refractivity contribution in [2.24, 2.45) is 5.92 Å². The fourth-order valence-electron chi connectivity index (χ4n) is 2.84. The van der Waals surface area contributed by atoms with E-state index in [-0.39, 0.29) is 18.6 Å². The highest BCUT2D eigenvalue weighted by atomic mass is 16.5. The number of hydrogen-bond acceptors (Lipinski definition) is 4. The van der Waals surface area contributed by atoms with E-state index in [9.17, 15) is 10.2 Å². The normalized spacial score (nSPS) is 26.9. The summed E-state index contributed by atoms with van der Waals surface area (Å²) in [5.41, 5.74) is 1.11. The van der Waals surface area contributed by atoms with Crippen LogP contribution in [0.25, 0.3) is 0 Å². The lowest BCUT2D eigenvalue weighted by Crippen LogP contribution is -2.54. The summed E-state index contributed by atoms with van der Waals surface area (Å²) in [7, 11) is 0. The Bertz CT molecular complexity index is 398. The molecule has 1 saturated heterocycles. The van der Waals surface area contributed by atoms with Crippen LogP contribution in [-0.4, -0.2) is 53.6 Å². The van der Waals surface area contributed by atoms with E-state index in [4.69, 9.17) is 4.74 Å². The second-order valence-corrected chi connectivity index (χ2v) is 5.88. The molecule has 0 aromatic heterocycles. The van der Waals surface area contributed by atoms with Crippen LogP contribution in [0.5, 0.6) is 0 Å². The van der Waals surface area contributed by atoms with E-state index in [1.165, 1.54) is 0 Å². The Hall–Kier alpha value is -0.940. The van der Waals surface area contributed by atoms with Gasteiger partial charge in [-0.3, -0.25) is 0 Å². The predicted octanol–water partition coefficient (Wildman–Crippen LogP) is 1.66. The van der Waals surface area contributed by atoms with E-state index in [2.05, 4.69) is 11.8 Å². The summed E-state index contributed by atoms with van der Waals surface area (Å²) in [6, 6.07) is 9.99. The third-order valence-corrected chi connectivity index (χ3v) is 4.16. The highest BCUT2D eigenvalue weighted by Gasteiger charge is 2.35. The monoisotopic (exact) mass is 293 g/mol. The highest BCUT2D eigenvalue weighted by molar-refractivity contribution is 5.13. The van der Waals surface area contributed by atoms with Crippen LogP contribution in [0.4, 0.5) is 0 Å². The minimum atomic E-state index is -0.586. The molecule has 3 atom stereocenters. The zero-order valence-corrected chi connectivity index (χ0v) is 12.8. The van der Waals surface area contributed by atoms with Crippen LogP contribution >= 0.6 is 0 Å². The summed E-state index contributed by atoms with van der Waals surface area (Å²) in [4.78, 5) is 2.30. The van der Waals surface area contributed by atoms with Crippen LogP contribution in [0.3, 0.4) is 0 Å². The van der Waals surface area contributed by atoms with Crippen LogP contribution < -0.4 is 0 Å². The second-order valence-electron chi connectivity index (χ2n) is 5.88. The highest BCUT2D eigenvalue weighted by Crippen LogP contribution is 2.21. The lowest BCUT2D eigenvalue weighted by atomic mass is 9.93. The number of ether oxygens (including phenoxy) is 1. The van der Waals surface area contributed by atoms with E-state index in [1.807, 2.05) is 30.3 Å². The smallest absolute Gasteiger partial charge is 0.0969 e. The van der Waals surface area contributed by atoms with E-state index in [0.717, 1.165) is 38.0 Å². The molecule has 2 rings (SSSR count). The average molecular weight is 293 g/mol. The van der Waals surface area contributed by atoms with Crippen molar-refractivity contribution >= 4 is 0 Å². The van der Waals surface area contributed by atoms with Crippen LogP contribution in [0, 0.1) is 5.92 Å². The maximum atomic E-state index is 10.3. The van der Waals surface area contributed by atoms with Crippen LogP contribution in [0.1, 0.15) is 25.3 Å². The van der Waals surface area contributed by atoms with Gasteiger partial charge in [0.15, 0.2) is 0 Å². The van der Waals surface area contributed by atoms with Gasteiger partial charge in [0.2, 0.25) is 0 Å². The number of piperidine rings is 1. The van der Waals surface area contributed by atoms with Crippen molar-refractivity contribution in [2.45, 2.75) is 38.6 Å². The number of nitrogens with zero attached hydrogens (tertiary/aromatic N) is 1. The van der Waals surface area contributed by atoms with E-state index in [0.29, 0.717) is 6.61 Å². The van der Waals surface area contributed by atoms with Gasteiger partial charge in [0, 0.05) is 25.6 Å². The molecule has 4 nitrogen and oxygen atoms in total. The number of benzene rings is 1. The summed E-state index contributed by atoms with van der Waals surface area (Å²) in [5, 5.41) is 19.8. The Labute approximate surface area is 127 Å². The fraction of sp³-hybridized carbons (Fsp3) is 0.647. The van der Waals surface area contributed by atoms with E-state index < -0.39 is 6.10 Å². The molecule has 0 spiro atoms. The van der Waals surface area contributed by atoms with Crippen molar-refractivity contribution in [2.75, 3.05) is 26.2 Å². The molecule has 0 radical (unpaired) electrons. The molecular weight excluding hydrogens is 266 g/mol. The first-order valence-electron chi connectivity index (χ1n) is 7.91. The number of likely N-dealkylation sites (tertiary alicyclic amines) is 1. The third-order valence-electron chi connectivity index (χ3n) is 4.16. The van der Waals surface area contributed by atoms with Crippen molar-refractivity contribution < 1.29 is 14.9 Å². The van der Waals surface area contributed by atoms with E-state index in [1.54, 1.807) is 0 Å². The molecule has 0 aliphatic carbocycles. The van der Waals surface area contributed by atoms with Gasteiger partial charge in [0.05, 0.1) is 18.8 Å². The summed E-state index contributed by atoms with van der Waals surface area (Å²) >= 11 is 0. The summed E-state index contributed by atoms with van der Waals surface area (Å²) in [5.74, 6) is -0.114. The molecule has 1 heterocycles. The number of aliphatic hydroxyl groups is 2. The molecule has 1 fully saturated rings. The van der Waals surface area contributed by atoms with Gasteiger partial charge >= 0.3 is 0 Å². The summed E-state index contributed by atoms with van der Waals surface area (Å²) < 4.78 is 5.92. The van der Waals surface area contributed by atoms with Crippen LogP contribution in [0.15, 0.2) is 30.3 Å². The zero-order chi connectivity index (χ0) is 15.1. The fourth-order valence-corrected chi connectivity index (χ4v) is 2.84. The minimum Gasteiger partial charge on any atom is -0.396 e. The third kappa shape index (κ3) is 4.78. The summed E-state index contributed by atoms with van der Waals surface area (Å²) in [6.45, 7) is 5.18. The number of unbranched alkanes of at least 4 members (excludes halogenated alkanes) is 1. The molecule has 118 valence electrons. The molecule has 1 aromatic rings. The van der Waals surface area contributed by atoms with E-state index >= 15 is 0 Å². The Kier molecular flexibility index (Phi) is 6.64. The van der Waals surface area contributed by atoms with Gasteiger partial charge in [-0.15, -0.1) is 0 Å². The van der Waals surface area contributed by atoms with Crippen molar-refractivity contribution in [3.05, 3.63) is 35.9 Å². The molecule has 1 aromatic carbocycles. The molecule has 0 amide bonds. The molecule has 0 bridgehead atoms. The van der Waals surface area contributed by atoms with Gasteiger partial charge in [0.1, 0.15) is 0 Å². The maximum Gasteiger partial charge on any atom is 0.0969 e. The molecule has 0 unspecified atom stereocenters. The standard InChI is InChI=1S/C17H27NO3/c1-2-3-9-18-10-15(12-19)17(20)16(11-18)21-13-14-7-5-4-6-8-14/h4-8,15-17,19-20H,2-3,9-13H2,1H3/t15-,16-,17-/m1/s1. The van der Waals surface area contributed by atoms with Crippen molar-refractivity contribution in [1.29, 1.82) is 0 Å². The van der Waals surface area contributed by atoms with Gasteiger partial charge in [-0.05, 0) is 18.5 Å². The number of aliphatic hydroxyl groups excluding tert-OH is 2. The molecular formula is C17H27NO3. The van der Waals surface area contributed by atoms with Gasteiger partial charge in [-0.1, -0.05) is 43.7 Å². The van der Waals surface area contributed by atoms with Gasteiger partial charge in [-0.25, -0.2) is 0 Å². The number of hydrogen-bond donors (Lipinski definition) is 2. The first-order chi connectivity index (χ1) is 10.2. The minimum absolute atomic E-state index is 0.00892. The average Bonchev–Trinajstić information content (AvgIpc) is 2.53. The lowest BCUT2D eigenvalue weighted by Gasteiger charge is -2.40. The SMILES string of the molecule is CCCCN1C[C@H](CO)[C@@H](O)[C@H](OCc2ccccc2)C1. The van der Waals surface area contributed by atoms with Crippen molar-refractivity contribution in [3.63, 3.8) is 0 Å². The molecule has 2 N–H and O–H groups in total. The predicted molar refractivity (Wildman–Crippen MR) is 82.9 cm³/mol. The van der Waals surface area contributed by atoms with Gasteiger partial charge < -0.3 is 19.8 Å². The second kappa shape index (κ2) is 8.49. The Morgan fingerprint density at radius 1 is 1.24 bits per heavy atom.